The number of nitrogens with zero attached hydrogens (tertiary/aromatic N) is 4. The summed E-state index contributed by atoms with van der Waals surface area (Å²) < 4.78 is 3.55. The number of hydrogen-bond donors (Lipinski definition) is 2. The molecule has 1 saturated carbocycles. The number of amides is 1. The van der Waals surface area contributed by atoms with Gasteiger partial charge in [-0.25, -0.2) is 4.98 Å². The number of nitrogen functional groups attached to an aromatic ring is 1. The van der Waals surface area contributed by atoms with Crippen LogP contribution in [0.1, 0.15) is 44.8 Å². The van der Waals surface area contributed by atoms with Crippen molar-refractivity contribution >= 4 is 23.0 Å². The van der Waals surface area contributed by atoms with Gasteiger partial charge in [0, 0.05) is 13.1 Å². The summed E-state index contributed by atoms with van der Waals surface area (Å²) in [7, 11) is 1.87. The van der Waals surface area contributed by atoms with Gasteiger partial charge in [0.15, 0.2) is 5.65 Å². The molecule has 1 fully saturated rings. The minimum Gasteiger partial charge on any atom is -0.369 e. The number of aryl methyl sites for hydroxylation is 2. The zero-order valence-corrected chi connectivity index (χ0v) is 12.8. The average Bonchev–Trinajstić information content (AvgIpc) is 3.11. The number of aromatic nitrogens is 4. The van der Waals surface area contributed by atoms with Gasteiger partial charge in [-0.15, -0.1) is 0 Å². The maximum atomic E-state index is 12.3. The highest BCUT2D eigenvalue weighted by Crippen LogP contribution is 2.27. The van der Waals surface area contributed by atoms with Crippen LogP contribution in [0.2, 0.25) is 0 Å². The van der Waals surface area contributed by atoms with Gasteiger partial charge >= 0.3 is 0 Å². The van der Waals surface area contributed by atoms with Crippen LogP contribution in [-0.2, 0) is 18.3 Å². The number of nitrogens with two attached hydrogens (primary N) is 1. The van der Waals surface area contributed by atoms with Crippen LogP contribution in [0, 0.1) is 0 Å². The van der Waals surface area contributed by atoms with E-state index in [-0.39, 0.29) is 11.9 Å². The van der Waals surface area contributed by atoms with Crippen molar-refractivity contribution in [1.29, 1.82) is 0 Å². The minimum atomic E-state index is -0.388. The second-order valence-corrected chi connectivity index (χ2v) is 5.79. The normalized spacial score (nSPS) is 16.3. The largest absolute Gasteiger partial charge is 0.369 e. The van der Waals surface area contributed by atoms with Gasteiger partial charge in [-0.1, -0.05) is 13.3 Å². The van der Waals surface area contributed by atoms with Crippen molar-refractivity contribution in [2.75, 3.05) is 5.73 Å². The van der Waals surface area contributed by atoms with Crippen LogP contribution in [0.5, 0.6) is 0 Å². The van der Waals surface area contributed by atoms with Crippen molar-refractivity contribution in [3.05, 3.63) is 5.69 Å². The zero-order chi connectivity index (χ0) is 15.1. The average molecular weight is 290 g/mol. The Kier molecular flexibility index (Phi) is 3.35. The van der Waals surface area contributed by atoms with Gasteiger partial charge in [0.25, 0.3) is 0 Å². The number of hydrogen-bond acceptors (Lipinski definition) is 4. The van der Waals surface area contributed by atoms with Gasteiger partial charge in [-0.3, -0.25) is 14.0 Å². The lowest BCUT2D eigenvalue weighted by Gasteiger charge is -2.15. The van der Waals surface area contributed by atoms with Crippen LogP contribution in [0.15, 0.2) is 0 Å². The Labute approximate surface area is 123 Å². The minimum absolute atomic E-state index is 0.0123. The predicted octanol–water partition coefficient (Wildman–Crippen LogP) is 1.14. The monoisotopic (exact) mass is 290 g/mol. The van der Waals surface area contributed by atoms with Crippen LogP contribution >= 0.6 is 0 Å². The van der Waals surface area contributed by atoms with E-state index in [4.69, 9.17) is 5.73 Å². The SMILES string of the molecule is CCCc1nn(C)c2c1nc(N)n2C(C)C(=O)NC1CC1. The van der Waals surface area contributed by atoms with Gasteiger partial charge in [0.2, 0.25) is 11.9 Å². The summed E-state index contributed by atoms with van der Waals surface area (Å²) in [6.45, 7) is 3.95. The van der Waals surface area contributed by atoms with Crippen molar-refractivity contribution in [1.82, 2.24) is 24.6 Å². The van der Waals surface area contributed by atoms with E-state index in [2.05, 4.69) is 22.3 Å². The number of rotatable bonds is 5. The van der Waals surface area contributed by atoms with E-state index in [0.29, 0.717) is 12.0 Å². The molecule has 1 amide bonds. The number of carbonyl (C=O) groups is 1. The molecule has 3 rings (SSSR count). The molecule has 7 heteroatoms. The highest BCUT2D eigenvalue weighted by molar-refractivity contribution is 5.85. The molecule has 1 aliphatic carbocycles. The van der Waals surface area contributed by atoms with E-state index >= 15 is 0 Å². The third-order valence-electron chi connectivity index (χ3n) is 3.94. The first-order valence-electron chi connectivity index (χ1n) is 7.52. The van der Waals surface area contributed by atoms with Gasteiger partial charge < -0.3 is 11.1 Å². The lowest BCUT2D eigenvalue weighted by molar-refractivity contribution is -0.123. The van der Waals surface area contributed by atoms with Gasteiger partial charge in [0.1, 0.15) is 11.6 Å². The van der Waals surface area contributed by atoms with Crippen LogP contribution in [0.25, 0.3) is 11.2 Å². The first-order valence-corrected chi connectivity index (χ1v) is 7.52. The molecule has 1 atom stereocenters. The molecule has 2 aromatic rings. The highest BCUT2D eigenvalue weighted by atomic mass is 16.2. The summed E-state index contributed by atoms with van der Waals surface area (Å²) in [6.07, 6.45) is 3.99. The molecule has 0 saturated heterocycles. The first-order chi connectivity index (χ1) is 10.0. The Morgan fingerprint density at radius 2 is 2.24 bits per heavy atom. The maximum Gasteiger partial charge on any atom is 0.243 e. The number of imidazole rings is 1. The Morgan fingerprint density at radius 3 is 2.86 bits per heavy atom. The van der Waals surface area contributed by atoms with E-state index < -0.39 is 0 Å². The maximum absolute atomic E-state index is 12.3. The van der Waals surface area contributed by atoms with Gasteiger partial charge in [0.05, 0.1) is 5.69 Å². The standard InChI is InChI=1S/C14H22N6O/c1-4-5-10-11-13(19(3)18-10)20(14(15)17-11)8(2)12(21)16-9-6-7-9/h8-9H,4-7H2,1-3H3,(H2,15,17)(H,16,21). The molecule has 0 spiro atoms. The fourth-order valence-electron chi connectivity index (χ4n) is 2.67. The molecule has 0 radical (unpaired) electrons. The second kappa shape index (κ2) is 5.05. The van der Waals surface area contributed by atoms with E-state index in [0.717, 1.165) is 42.5 Å². The zero-order valence-electron chi connectivity index (χ0n) is 12.8. The first kappa shape index (κ1) is 13.9. The van der Waals surface area contributed by atoms with E-state index in [1.165, 1.54) is 0 Å². The molecule has 21 heavy (non-hydrogen) atoms. The molecular weight excluding hydrogens is 268 g/mol. The van der Waals surface area contributed by atoms with E-state index in [1.807, 2.05) is 14.0 Å². The van der Waals surface area contributed by atoms with Gasteiger partial charge in [-0.2, -0.15) is 5.10 Å². The summed E-state index contributed by atoms with van der Waals surface area (Å²) in [4.78, 5) is 16.7. The number of nitrogens with one attached hydrogen (secondary N) is 1. The summed E-state index contributed by atoms with van der Waals surface area (Å²) in [6, 6.07) is -0.0529. The van der Waals surface area contributed by atoms with Crippen molar-refractivity contribution in [3.63, 3.8) is 0 Å². The van der Waals surface area contributed by atoms with E-state index in [9.17, 15) is 4.79 Å². The molecule has 2 heterocycles. The number of anilines is 1. The number of carbonyl (C=O) groups excluding carboxylic acids is 1. The summed E-state index contributed by atoms with van der Waals surface area (Å²) in [5.41, 5.74) is 8.61. The van der Waals surface area contributed by atoms with E-state index in [1.54, 1.807) is 9.25 Å². The highest BCUT2D eigenvalue weighted by Gasteiger charge is 2.29. The molecule has 3 N–H and O–H groups in total. The number of fused-ring (bicyclic) bond motifs is 1. The summed E-state index contributed by atoms with van der Waals surface area (Å²) >= 11 is 0. The van der Waals surface area contributed by atoms with Crippen LogP contribution < -0.4 is 11.1 Å². The Balaban J connectivity index is 2.00. The van der Waals surface area contributed by atoms with Crippen LogP contribution in [-0.4, -0.2) is 31.3 Å². The lowest BCUT2D eigenvalue weighted by Crippen LogP contribution is -2.33. The van der Waals surface area contributed by atoms with Crippen LogP contribution in [0.3, 0.4) is 0 Å². The molecule has 1 unspecified atom stereocenters. The molecule has 114 valence electrons. The lowest BCUT2D eigenvalue weighted by atomic mass is 10.2. The fraction of sp³-hybridized carbons (Fsp3) is 0.643. The Morgan fingerprint density at radius 1 is 1.52 bits per heavy atom. The second-order valence-electron chi connectivity index (χ2n) is 5.79. The molecular formula is C14H22N6O. The molecule has 2 aromatic heterocycles. The van der Waals surface area contributed by atoms with Crippen molar-refractivity contribution in [3.8, 4) is 0 Å². The Hall–Kier alpha value is -2.05. The summed E-state index contributed by atoms with van der Waals surface area (Å²) in [5.74, 6) is 0.357. The predicted molar refractivity (Wildman–Crippen MR) is 80.8 cm³/mol. The van der Waals surface area contributed by atoms with Gasteiger partial charge in [-0.05, 0) is 26.2 Å². The molecule has 0 aromatic carbocycles. The topological polar surface area (TPSA) is 90.8 Å². The van der Waals surface area contributed by atoms with Crippen molar-refractivity contribution in [2.24, 2.45) is 7.05 Å². The smallest absolute Gasteiger partial charge is 0.243 e. The third-order valence-corrected chi connectivity index (χ3v) is 3.94. The van der Waals surface area contributed by atoms with Crippen LogP contribution in [0.4, 0.5) is 5.95 Å². The molecule has 7 nitrogen and oxygen atoms in total. The van der Waals surface area contributed by atoms with Crippen molar-refractivity contribution in [2.45, 2.75) is 51.6 Å². The Bertz CT molecular complexity index is 681. The quantitative estimate of drug-likeness (QED) is 0.864. The molecule has 0 aliphatic heterocycles. The molecule has 1 aliphatic rings. The van der Waals surface area contributed by atoms with Crippen molar-refractivity contribution < 1.29 is 4.79 Å². The fourth-order valence-corrected chi connectivity index (χ4v) is 2.67. The summed E-state index contributed by atoms with van der Waals surface area (Å²) in [5, 5.41) is 7.51. The third kappa shape index (κ3) is 2.36. The molecule has 0 bridgehead atoms.